The number of hydrogen-bond acceptors (Lipinski definition) is 5. The molecule has 1 N–H and O–H groups in total. The standard InChI is InChI=1S/C15H19N5O3S/c21-15-19(9-8-17-24(22,23)13-5-6-13)18-14(20(15)12-3-4-12)11-2-1-7-16-10-11/h1-2,7,10,12-13,17H,3-6,8-9H2. The molecule has 2 aliphatic carbocycles. The molecule has 2 aliphatic rings. The molecular formula is C15H19N5O3S. The lowest BCUT2D eigenvalue weighted by Gasteiger charge is -2.04. The second kappa shape index (κ2) is 5.82. The number of nitrogens with zero attached hydrogens (tertiary/aromatic N) is 4. The van der Waals surface area contributed by atoms with Gasteiger partial charge in [-0.3, -0.25) is 9.55 Å². The van der Waals surface area contributed by atoms with Crippen LogP contribution in [-0.4, -0.2) is 39.5 Å². The van der Waals surface area contributed by atoms with Gasteiger partial charge in [0.05, 0.1) is 11.8 Å². The Labute approximate surface area is 139 Å². The number of pyridine rings is 1. The Morgan fingerprint density at radius 3 is 2.67 bits per heavy atom. The first-order chi connectivity index (χ1) is 11.6. The summed E-state index contributed by atoms with van der Waals surface area (Å²) in [6.45, 7) is 0.394. The van der Waals surface area contributed by atoms with Gasteiger partial charge >= 0.3 is 5.69 Å². The van der Waals surface area contributed by atoms with Crippen molar-refractivity contribution >= 4 is 10.0 Å². The molecule has 4 rings (SSSR count). The third-order valence-corrected chi connectivity index (χ3v) is 6.25. The van der Waals surface area contributed by atoms with Crippen molar-refractivity contribution in [1.29, 1.82) is 0 Å². The SMILES string of the molecule is O=c1n(CCNS(=O)(=O)C2CC2)nc(-c2cccnc2)n1C1CC1. The predicted molar refractivity (Wildman–Crippen MR) is 87.9 cm³/mol. The van der Waals surface area contributed by atoms with Gasteiger partial charge in [-0.2, -0.15) is 0 Å². The first-order valence-corrected chi connectivity index (χ1v) is 9.69. The average Bonchev–Trinajstić information content (AvgIpc) is 3.46. The highest BCUT2D eigenvalue weighted by atomic mass is 32.2. The highest BCUT2D eigenvalue weighted by Crippen LogP contribution is 2.36. The van der Waals surface area contributed by atoms with Crippen LogP contribution in [0.4, 0.5) is 0 Å². The molecule has 0 unspecified atom stereocenters. The van der Waals surface area contributed by atoms with E-state index < -0.39 is 10.0 Å². The lowest BCUT2D eigenvalue weighted by Crippen LogP contribution is -2.33. The molecule has 0 aromatic carbocycles. The summed E-state index contributed by atoms with van der Waals surface area (Å²) in [6, 6.07) is 3.86. The van der Waals surface area contributed by atoms with Crippen molar-refractivity contribution in [2.75, 3.05) is 6.54 Å². The van der Waals surface area contributed by atoms with E-state index in [0.29, 0.717) is 5.82 Å². The smallest absolute Gasteiger partial charge is 0.272 e. The molecule has 0 radical (unpaired) electrons. The summed E-state index contributed by atoms with van der Waals surface area (Å²) in [5.41, 5.74) is 0.598. The van der Waals surface area contributed by atoms with Gasteiger partial charge in [-0.1, -0.05) is 0 Å². The van der Waals surface area contributed by atoms with Crippen LogP contribution in [0.2, 0.25) is 0 Å². The van der Waals surface area contributed by atoms with Gasteiger partial charge in [-0.25, -0.2) is 22.6 Å². The molecular weight excluding hydrogens is 330 g/mol. The summed E-state index contributed by atoms with van der Waals surface area (Å²) in [7, 11) is -3.24. The highest BCUT2D eigenvalue weighted by molar-refractivity contribution is 7.90. The zero-order valence-corrected chi connectivity index (χ0v) is 13.9. The molecule has 2 aromatic rings. The van der Waals surface area contributed by atoms with Gasteiger partial charge in [0, 0.05) is 30.5 Å². The van der Waals surface area contributed by atoms with Gasteiger partial charge < -0.3 is 0 Å². The third-order valence-electron chi connectivity index (χ3n) is 4.29. The Morgan fingerprint density at radius 1 is 1.25 bits per heavy atom. The normalized spacial score (nSPS) is 18.0. The molecule has 0 saturated heterocycles. The van der Waals surface area contributed by atoms with Crippen molar-refractivity contribution in [2.24, 2.45) is 0 Å². The second-order valence-electron chi connectivity index (χ2n) is 6.31. The molecule has 0 amide bonds. The van der Waals surface area contributed by atoms with Gasteiger partial charge in [0.15, 0.2) is 5.82 Å². The van der Waals surface area contributed by atoms with Gasteiger partial charge in [0.1, 0.15) is 0 Å². The lowest BCUT2D eigenvalue weighted by molar-refractivity contribution is 0.546. The van der Waals surface area contributed by atoms with E-state index in [1.165, 1.54) is 4.68 Å². The van der Waals surface area contributed by atoms with Gasteiger partial charge in [0.25, 0.3) is 0 Å². The van der Waals surface area contributed by atoms with Crippen molar-refractivity contribution in [2.45, 2.75) is 43.5 Å². The van der Waals surface area contributed by atoms with Crippen LogP contribution in [0.3, 0.4) is 0 Å². The summed E-state index contributed by atoms with van der Waals surface area (Å²) in [6.07, 6.45) is 6.72. The van der Waals surface area contributed by atoms with Gasteiger partial charge in [-0.15, -0.1) is 5.10 Å². The van der Waals surface area contributed by atoms with E-state index in [9.17, 15) is 13.2 Å². The molecule has 128 valence electrons. The molecule has 2 saturated carbocycles. The molecule has 9 heteroatoms. The van der Waals surface area contributed by atoms with Crippen LogP contribution >= 0.6 is 0 Å². The first kappa shape index (κ1) is 15.5. The summed E-state index contributed by atoms with van der Waals surface area (Å²) in [5.74, 6) is 0.598. The maximum atomic E-state index is 12.6. The van der Waals surface area contributed by atoms with E-state index in [1.807, 2.05) is 6.07 Å². The van der Waals surface area contributed by atoms with Crippen LogP contribution in [0, 0.1) is 0 Å². The summed E-state index contributed by atoms with van der Waals surface area (Å²) in [4.78, 5) is 16.7. The third kappa shape index (κ3) is 3.01. The van der Waals surface area contributed by atoms with Crippen molar-refractivity contribution in [3.05, 3.63) is 35.0 Å². The summed E-state index contributed by atoms with van der Waals surface area (Å²) in [5, 5.41) is 4.15. The molecule has 2 heterocycles. The van der Waals surface area contributed by atoms with Gasteiger partial charge in [0.2, 0.25) is 10.0 Å². The van der Waals surface area contributed by atoms with Crippen LogP contribution in [0.25, 0.3) is 11.4 Å². The first-order valence-electron chi connectivity index (χ1n) is 8.14. The van der Waals surface area contributed by atoms with Gasteiger partial charge in [-0.05, 0) is 37.8 Å². The van der Waals surface area contributed by atoms with Crippen LogP contribution in [-0.2, 0) is 16.6 Å². The Bertz CT molecular complexity index is 895. The Kier molecular flexibility index (Phi) is 3.76. The lowest BCUT2D eigenvalue weighted by atomic mass is 10.3. The van der Waals surface area contributed by atoms with Crippen molar-refractivity contribution in [3.8, 4) is 11.4 Å². The Hall–Kier alpha value is -2.00. The molecule has 0 aliphatic heterocycles. The van der Waals surface area contributed by atoms with E-state index in [1.54, 1.807) is 23.0 Å². The monoisotopic (exact) mass is 349 g/mol. The van der Waals surface area contributed by atoms with Crippen LogP contribution < -0.4 is 10.4 Å². The van der Waals surface area contributed by atoms with E-state index in [2.05, 4.69) is 14.8 Å². The van der Waals surface area contributed by atoms with E-state index in [0.717, 1.165) is 31.2 Å². The minimum Gasteiger partial charge on any atom is -0.272 e. The van der Waals surface area contributed by atoms with Crippen molar-refractivity contribution < 1.29 is 8.42 Å². The van der Waals surface area contributed by atoms with Crippen LogP contribution in [0.15, 0.2) is 29.3 Å². The number of hydrogen-bond donors (Lipinski definition) is 1. The number of rotatable bonds is 7. The molecule has 0 bridgehead atoms. The second-order valence-corrected chi connectivity index (χ2v) is 8.36. The molecule has 2 fully saturated rings. The zero-order chi connectivity index (χ0) is 16.7. The quantitative estimate of drug-likeness (QED) is 0.786. The fourth-order valence-electron chi connectivity index (χ4n) is 2.71. The minimum absolute atomic E-state index is 0.174. The molecule has 8 nitrogen and oxygen atoms in total. The number of sulfonamides is 1. The van der Waals surface area contributed by atoms with Crippen molar-refractivity contribution in [1.82, 2.24) is 24.1 Å². The maximum absolute atomic E-state index is 12.6. The summed E-state index contributed by atoms with van der Waals surface area (Å²) >= 11 is 0. The van der Waals surface area contributed by atoms with Crippen molar-refractivity contribution in [3.63, 3.8) is 0 Å². The molecule has 2 aromatic heterocycles. The fraction of sp³-hybridized carbons (Fsp3) is 0.533. The highest BCUT2D eigenvalue weighted by Gasteiger charge is 2.35. The minimum atomic E-state index is -3.24. The Morgan fingerprint density at radius 2 is 2.04 bits per heavy atom. The topological polar surface area (TPSA) is 98.9 Å². The maximum Gasteiger partial charge on any atom is 0.346 e. The molecule has 0 spiro atoms. The molecule has 0 atom stereocenters. The molecule has 24 heavy (non-hydrogen) atoms. The summed E-state index contributed by atoms with van der Waals surface area (Å²) < 4.78 is 29.3. The van der Waals surface area contributed by atoms with Crippen LogP contribution in [0.5, 0.6) is 0 Å². The number of aromatic nitrogens is 4. The van der Waals surface area contributed by atoms with E-state index >= 15 is 0 Å². The fourth-order valence-corrected chi connectivity index (χ4v) is 4.08. The predicted octanol–water partition coefficient (Wildman–Crippen LogP) is 0.523. The zero-order valence-electron chi connectivity index (χ0n) is 13.1. The number of nitrogens with one attached hydrogen (secondary N) is 1. The Balaban J connectivity index is 1.56. The average molecular weight is 349 g/mol. The van der Waals surface area contributed by atoms with Crippen LogP contribution in [0.1, 0.15) is 31.7 Å². The largest absolute Gasteiger partial charge is 0.346 e. The van der Waals surface area contributed by atoms with E-state index in [-0.39, 0.29) is 30.1 Å². The van der Waals surface area contributed by atoms with E-state index in [4.69, 9.17) is 0 Å².